The molecule has 0 aliphatic carbocycles. The summed E-state index contributed by atoms with van der Waals surface area (Å²) in [6.45, 7) is 0. The predicted molar refractivity (Wildman–Crippen MR) is 77.2 cm³/mol. The number of alkyl halides is 2. The molecule has 0 aliphatic heterocycles. The van der Waals surface area contributed by atoms with Crippen LogP contribution in [0.2, 0.25) is 0 Å². The summed E-state index contributed by atoms with van der Waals surface area (Å²) < 4.78 is 43.7. The SMILES string of the molecule is COC(=O)c1cc2cc(C(F)(F)CP=O)c(Br)cc2s1. The number of carbonyl (C=O) groups excluding carboxylic acids is 1. The number of thiophene rings is 1. The van der Waals surface area contributed by atoms with Crippen LogP contribution in [0.4, 0.5) is 8.78 Å². The fraction of sp³-hybridized carbons (Fsp3) is 0.250. The number of carbonyl (C=O) groups is 1. The zero-order valence-corrected chi connectivity index (χ0v) is 13.5. The van der Waals surface area contributed by atoms with Crippen LogP contribution in [0, 0.1) is 0 Å². The molecule has 0 amide bonds. The van der Waals surface area contributed by atoms with E-state index in [1.165, 1.54) is 25.3 Å². The average molecular weight is 381 g/mol. The largest absolute Gasteiger partial charge is 0.465 e. The average Bonchev–Trinajstić information content (AvgIpc) is 2.79. The minimum atomic E-state index is -3.20. The minimum absolute atomic E-state index is 0.219. The van der Waals surface area contributed by atoms with E-state index in [0.29, 0.717) is 15.0 Å². The Balaban J connectivity index is 2.56. The molecule has 0 atom stereocenters. The van der Waals surface area contributed by atoms with Gasteiger partial charge in [-0.25, -0.2) is 13.6 Å². The first-order valence-corrected chi connectivity index (χ1v) is 7.98. The lowest BCUT2D eigenvalue weighted by atomic mass is 10.1. The molecule has 0 saturated carbocycles. The molecule has 1 heterocycles. The quantitative estimate of drug-likeness (QED) is 0.563. The van der Waals surface area contributed by atoms with Crippen LogP contribution in [0.1, 0.15) is 15.2 Å². The minimum Gasteiger partial charge on any atom is -0.465 e. The van der Waals surface area contributed by atoms with Crippen molar-refractivity contribution in [1.82, 2.24) is 0 Å². The molecule has 0 saturated heterocycles. The van der Waals surface area contributed by atoms with Gasteiger partial charge in [-0.1, -0.05) is 15.9 Å². The first-order valence-electron chi connectivity index (χ1n) is 5.38. The fourth-order valence-electron chi connectivity index (χ4n) is 1.71. The monoisotopic (exact) mass is 380 g/mol. The first kappa shape index (κ1) is 15.5. The maximum absolute atomic E-state index is 13.9. The molecule has 3 nitrogen and oxygen atoms in total. The number of hydrogen-bond donors (Lipinski definition) is 0. The van der Waals surface area contributed by atoms with Crippen molar-refractivity contribution in [2.24, 2.45) is 0 Å². The molecule has 1 aromatic heterocycles. The highest BCUT2D eigenvalue weighted by molar-refractivity contribution is 9.10. The molecule has 1 aromatic carbocycles. The zero-order valence-electron chi connectivity index (χ0n) is 10.2. The van der Waals surface area contributed by atoms with Crippen molar-refractivity contribution in [3.05, 3.63) is 33.1 Å². The van der Waals surface area contributed by atoms with Gasteiger partial charge < -0.3 is 4.74 Å². The summed E-state index contributed by atoms with van der Waals surface area (Å²) in [5.74, 6) is -3.71. The lowest BCUT2D eigenvalue weighted by Crippen LogP contribution is -2.15. The number of ether oxygens (including phenoxy) is 1. The van der Waals surface area contributed by atoms with Crippen LogP contribution in [-0.2, 0) is 15.2 Å². The van der Waals surface area contributed by atoms with Crippen LogP contribution < -0.4 is 0 Å². The molecule has 0 bridgehead atoms. The van der Waals surface area contributed by atoms with Gasteiger partial charge in [0.25, 0.3) is 5.92 Å². The van der Waals surface area contributed by atoms with E-state index in [1.807, 2.05) is 0 Å². The van der Waals surface area contributed by atoms with Crippen molar-refractivity contribution in [1.29, 1.82) is 0 Å². The fourth-order valence-corrected chi connectivity index (χ4v) is 3.83. The van der Waals surface area contributed by atoms with Gasteiger partial charge in [0, 0.05) is 14.7 Å². The smallest absolute Gasteiger partial charge is 0.348 e. The summed E-state index contributed by atoms with van der Waals surface area (Å²) in [6.07, 6.45) is -0.787. The summed E-state index contributed by atoms with van der Waals surface area (Å²) in [5.41, 5.74) is -0.248. The Bertz CT molecular complexity index is 687. The third-order valence-electron chi connectivity index (χ3n) is 2.65. The number of methoxy groups -OCH3 is 1. The number of rotatable bonds is 4. The summed E-state index contributed by atoms with van der Waals surface area (Å²) >= 11 is 4.26. The molecular formula is C12H8BrF2O3PS. The second-order valence-electron chi connectivity index (χ2n) is 3.96. The van der Waals surface area contributed by atoms with Crippen LogP contribution in [0.3, 0.4) is 0 Å². The topological polar surface area (TPSA) is 43.4 Å². The summed E-state index contributed by atoms with van der Waals surface area (Å²) in [7, 11) is 0.637. The highest BCUT2D eigenvalue weighted by Gasteiger charge is 2.34. The maximum atomic E-state index is 13.9. The third-order valence-corrected chi connectivity index (χ3v) is 4.91. The summed E-state index contributed by atoms with van der Waals surface area (Å²) in [6, 6.07) is 4.33. The Morgan fingerprint density at radius 3 is 2.75 bits per heavy atom. The van der Waals surface area contributed by atoms with Crippen molar-refractivity contribution >= 4 is 51.8 Å². The van der Waals surface area contributed by atoms with Crippen molar-refractivity contribution < 1.29 is 22.9 Å². The van der Waals surface area contributed by atoms with Gasteiger partial charge in [-0.3, -0.25) is 4.57 Å². The normalized spacial score (nSPS) is 12.0. The van der Waals surface area contributed by atoms with Gasteiger partial charge in [0.2, 0.25) is 0 Å². The van der Waals surface area contributed by atoms with E-state index in [4.69, 9.17) is 0 Å². The van der Waals surface area contributed by atoms with E-state index in [9.17, 15) is 18.1 Å². The Hall–Kier alpha value is -0.910. The van der Waals surface area contributed by atoms with Gasteiger partial charge >= 0.3 is 5.97 Å². The predicted octanol–water partition coefficient (Wildman–Crippen LogP) is 4.83. The van der Waals surface area contributed by atoms with Gasteiger partial charge in [0.1, 0.15) is 4.88 Å². The second-order valence-corrected chi connectivity index (χ2v) is 6.48. The number of halogens is 3. The molecule has 0 spiro atoms. The van der Waals surface area contributed by atoms with Gasteiger partial charge in [-0.15, -0.1) is 11.3 Å². The number of benzene rings is 1. The molecule has 2 rings (SSSR count). The van der Waals surface area contributed by atoms with E-state index in [2.05, 4.69) is 20.7 Å². The van der Waals surface area contributed by atoms with Crippen molar-refractivity contribution in [2.75, 3.05) is 13.3 Å². The molecule has 0 N–H and O–H groups in total. The van der Waals surface area contributed by atoms with Crippen molar-refractivity contribution in [2.45, 2.75) is 5.92 Å². The van der Waals surface area contributed by atoms with Gasteiger partial charge in [0.05, 0.1) is 13.3 Å². The lowest BCUT2D eigenvalue weighted by Gasteiger charge is -2.15. The first-order chi connectivity index (χ1) is 9.39. The van der Waals surface area contributed by atoms with Crippen molar-refractivity contribution in [3.63, 3.8) is 0 Å². The molecule has 0 radical (unpaired) electrons. The van der Waals surface area contributed by atoms with Crippen LogP contribution in [0.25, 0.3) is 10.1 Å². The Morgan fingerprint density at radius 1 is 1.45 bits per heavy atom. The standard InChI is InChI=1S/C12H8BrF2O3PS/c1-18-11(16)10-3-6-2-7(12(14,15)5-19-17)8(13)4-9(6)20-10/h2-4H,5H2,1H3. The van der Waals surface area contributed by atoms with E-state index in [-0.39, 0.29) is 10.0 Å². The number of esters is 1. The lowest BCUT2D eigenvalue weighted by molar-refractivity contribution is 0.0214. The third kappa shape index (κ3) is 2.90. The molecule has 106 valence electrons. The van der Waals surface area contributed by atoms with Crippen LogP contribution >= 0.6 is 35.7 Å². The number of hydrogen-bond acceptors (Lipinski definition) is 4. The Morgan fingerprint density at radius 2 is 2.15 bits per heavy atom. The molecular weight excluding hydrogens is 373 g/mol. The maximum Gasteiger partial charge on any atom is 0.348 e. The Labute approximate surface area is 127 Å². The molecule has 2 aromatic rings. The zero-order chi connectivity index (χ0) is 14.9. The molecule has 0 unspecified atom stereocenters. The molecule has 0 aliphatic rings. The number of fused-ring (bicyclic) bond motifs is 1. The van der Waals surface area contributed by atoms with Crippen LogP contribution in [0.15, 0.2) is 22.7 Å². The van der Waals surface area contributed by atoms with E-state index in [1.54, 1.807) is 0 Å². The van der Waals surface area contributed by atoms with Crippen LogP contribution in [-0.4, -0.2) is 19.2 Å². The van der Waals surface area contributed by atoms with Gasteiger partial charge in [-0.2, -0.15) is 0 Å². The molecule has 8 heteroatoms. The highest BCUT2D eigenvalue weighted by Crippen LogP contribution is 2.40. The summed E-state index contributed by atoms with van der Waals surface area (Å²) in [5, 5.41) is 0.524. The van der Waals surface area contributed by atoms with E-state index in [0.717, 1.165) is 11.3 Å². The van der Waals surface area contributed by atoms with E-state index < -0.39 is 26.5 Å². The van der Waals surface area contributed by atoms with Crippen molar-refractivity contribution in [3.8, 4) is 0 Å². The van der Waals surface area contributed by atoms with Gasteiger partial charge in [-0.05, 0) is 23.6 Å². The molecule has 20 heavy (non-hydrogen) atoms. The van der Waals surface area contributed by atoms with E-state index >= 15 is 0 Å². The summed E-state index contributed by atoms with van der Waals surface area (Å²) in [4.78, 5) is 11.8. The van der Waals surface area contributed by atoms with Gasteiger partial charge in [0.15, 0.2) is 8.46 Å². The molecule has 0 fully saturated rings. The van der Waals surface area contributed by atoms with Crippen LogP contribution in [0.5, 0.6) is 0 Å². The highest BCUT2D eigenvalue weighted by atomic mass is 79.9. The Kier molecular flexibility index (Phi) is 4.52. The second kappa shape index (κ2) is 5.84.